The summed E-state index contributed by atoms with van der Waals surface area (Å²) in [5.74, 6) is 0. The molecule has 0 atom stereocenters. The standard InChI is InChI=1S/C9H9/c1-7-4-8(2)6-9(3)5-7/h1,4,6H,2-3H3. The molecule has 9 heavy (non-hydrogen) atoms. The van der Waals surface area contributed by atoms with Crippen molar-refractivity contribution in [2.24, 2.45) is 0 Å². The first kappa shape index (κ1) is 6.34. The van der Waals surface area contributed by atoms with Gasteiger partial charge in [-0.15, -0.1) is 0 Å². The molecule has 0 spiro atoms. The highest BCUT2D eigenvalue weighted by molar-refractivity contribution is 5.28. The van der Waals surface area contributed by atoms with E-state index in [4.69, 9.17) is 6.92 Å². The van der Waals surface area contributed by atoms with Gasteiger partial charge in [0.25, 0.3) is 0 Å². The average Bonchev–Trinajstić information content (AvgIpc) is 1.59. The highest BCUT2D eigenvalue weighted by Gasteiger charge is 1.88. The molecule has 0 bridgehead atoms. The normalized spacial score (nSPS) is 9.67. The highest BCUT2D eigenvalue weighted by atomic mass is 13.9. The molecule has 45 valence electrons. The van der Waals surface area contributed by atoms with Crippen molar-refractivity contribution in [3.8, 4) is 0 Å². The molecule has 1 rings (SSSR count). The summed E-state index contributed by atoms with van der Waals surface area (Å²) in [6.07, 6.45) is 0. The summed E-state index contributed by atoms with van der Waals surface area (Å²) in [5, 5.41) is 0. The van der Waals surface area contributed by atoms with Crippen LogP contribution in [0.4, 0.5) is 0 Å². The Hall–Kier alpha value is -0.780. The molecule has 1 aromatic carbocycles. The lowest BCUT2D eigenvalue weighted by Gasteiger charge is -1.95. The fourth-order valence-electron chi connectivity index (χ4n) is 0.928. The van der Waals surface area contributed by atoms with Gasteiger partial charge in [-0.2, -0.15) is 0 Å². The van der Waals surface area contributed by atoms with Crippen LogP contribution in [0.1, 0.15) is 16.7 Å². The predicted molar refractivity (Wildman–Crippen MR) is 38.2 cm³/mol. The molecular formula is C9H9. The van der Waals surface area contributed by atoms with Crippen LogP contribution in [-0.4, -0.2) is 0 Å². The van der Waals surface area contributed by atoms with E-state index in [-0.39, 0.29) is 0 Å². The fourth-order valence-corrected chi connectivity index (χ4v) is 0.928. The van der Waals surface area contributed by atoms with E-state index in [1.165, 1.54) is 5.56 Å². The van der Waals surface area contributed by atoms with E-state index in [0.717, 1.165) is 11.1 Å². The van der Waals surface area contributed by atoms with Crippen molar-refractivity contribution >= 4 is 0 Å². The van der Waals surface area contributed by atoms with Crippen molar-refractivity contribution in [1.82, 2.24) is 0 Å². The molecule has 1 aromatic rings. The molecule has 0 amide bonds. The second kappa shape index (κ2) is 2.22. The summed E-state index contributed by atoms with van der Waals surface area (Å²) in [6, 6.07) is 6.95. The Morgan fingerprint density at radius 2 is 2.00 bits per heavy atom. The van der Waals surface area contributed by atoms with E-state index >= 15 is 0 Å². The monoisotopic (exact) mass is 117 g/mol. The molecular weight excluding hydrogens is 108 g/mol. The van der Waals surface area contributed by atoms with Crippen LogP contribution in [-0.2, 0) is 0 Å². The van der Waals surface area contributed by atoms with Crippen LogP contribution in [0.15, 0.2) is 12.1 Å². The van der Waals surface area contributed by atoms with Gasteiger partial charge in [0.15, 0.2) is 0 Å². The van der Waals surface area contributed by atoms with E-state index in [2.05, 4.69) is 12.1 Å². The molecule has 0 fully saturated rings. The fraction of sp³-hybridized carbons (Fsp3) is 0.222. The second-order valence-electron chi connectivity index (χ2n) is 2.30. The topological polar surface area (TPSA) is 0 Å². The summed E-state index contributed by atoms with van der Waals surface area (Å²) in [5.41, 5.74) is 3.03. The lowest BCUT2D eigenvalue weighted by atomic mass is 10.1. The maximum atomic E-state index is 5.50. The molecule has 0 saturated carbocycles. The van der Waals surface area contributed by atoms with Gasteiger partial charge in [0.05, 0.1) is 0 Å². The lowest BCUT2D eigenvalue weighted by molar-refractivity contribution is 1.35. The number of benzene rings is 1. The molecule has 0 aliphatic carbocycles. The van der Waals surface area contributed by atoms with Crippen molar-refractivity contribution < 1.29 is 0 Å². The van der Waals surface area contributed by atoms with Crippen LogP contribution in [0.2, 0.25) is 0 Å². The number of rotatable bonds is 0. The first-order valence-corrected chi connectivity index (χ1v) is 2.94. The van der Waals surface area contributed by atoms with Gasteiger partial charge in [0.2, 0.25) is 0 Å². The Morgan fingerprint density at radius 1 is 1.33 bits per heavy atom. The Labute approximate surface area is 56.5 Å². The van der Waals surface area contributed by atoms with Gasteiger partial charge in [0.1, 0.15) is 0 Å². The summed E-state index contributed by atoms with van der Waals surface area (Å²) in [7, 11) is 0. The number of aryl methyl sites for hydroxylation is 2. The maximum absolute atomic E-state index is 5.50. The minimum atomic E-state index is 0.729. The van der Waals surface area contributed by atoms with Gasteiger partial charge in [-0.25, -0.2) is 0 Å². The van der Waals surface area contributed by atoms with Crippen LogP contribution < -0.4 is 0 Å². The predicted octanol–water partition coefficient (Wildman–Crippen LogP) is 2.16. The van der Waals surface area contributed by atoms with Gasteiger partial charge in [0, 0.05) is 0 Å². The smallest absolute Gasteiger partial charge is 0.000524 e. The third-order valence-corrected chi connectivity index (χ3v) is 1.17. The first-order valence-electron chi connectivity index (χ1n) is 2.94. The van der Waals surface area contributed by atoms with Crippen molar-refractivity contribution in [3.63, 3.8) is 0 Å². The Balaban J connectivity index is 3.17. The Bertz CT molecular complexity index is 161. The molecule has 0 heterocycles. The number of hydrogen-bond donors (Lipinski definition) is 0. The third kappa shape index (κ3) is 1.56. The van der Waals surface area contributed by atoms with Gasteiger partial charge in [-0.3, -0.25) is 0 Å². The molecule has 0 aliphatic heterocycles. The van der Waals surface area contributed by atoms with E-state index in [0.29, 0.717) is 0 Å². The second-order valence-corrected chi connectivity index (χ2v) is 2.30. The molecule has 0 nitrogen and oxygen atoms in total. The molecule has 0 aromatic heterocycles. The van der Waals surface area contributed by atoms with Crippen LogP contribution in [0, 0.1) is 26.8 Å². The van der Waals surface area contributed by atoms with Crippen molar-refractivity contribution in [2.75, 3.05) is 0 Å². The molecule has 0 unspecified atom stereocenters. The van der Waals surface area contributed by atoms with Crippen LogP contribution in [0.5, 0.6) is 0 Å². The summed E-state index contributed by atoms with van der Waals surface area (Å²) >= 11 is 0. The van der Waals surface area contributed by atoms with Crippen LogP contribution >= 0.6 is 0 Å². The summed E-state index contributed by atoms with van der Waals surface area (Å²) in [4.78, 5) is 0. The Morgan fingerprint density at radius 3 is 2.44 bits per heavy atom. The van der Waals surface area contributed by atoms with Crippen LogP contribution in [0.25, 0.3) is 0 Å². The SMILES string of the molecule is [CH]c1[c]c(C)cc(C)c1. The van der Waals surface area contributed by atoms with Gasteiger partial charge in [-0.05, 0) is 38.0 Å². The Kier molecular flexibility index (Phi) is 1.56. The quantitative estimate of drug-likeness (QED) is 0.488. The minimum Gasteiger partial charge on any atom is -0.0557 e. The number of hydrogen-bond acceptors (Lipinski definition) is 0. The first-order chi connectivity index (χ1) is 4.18. The molecule has 3 radical (unpaired) electrons. The van der Waals surface area contributed by atoms with E-state index in [9.17, 15) is 0 Å². The molecule has 0 aliphatic rings. The lowest BCUT2D eigenvalue weighted by Crippen LogP contribution is -1.79. The zero-order valence-corrected chi connectivity index (χ0v) is 5.73. The average molecular weight is 117 g/mol. The van der Waals surface area contributed by atoms with Crippen molar-refractivity contribution in [3.05, 3.63) is 41.8 Å². The van der Waals surface area contributed by atoms with E-state index in [1.54, 1.807) is 0 Å². The minimum absolute atomic E-state index is 0.729. The van der Waals surface area contributed by atoms with Gasteiger partial charge in [-0.1, -0.05) is 17.7 Å². The van der Waals surface area contributed by atoms with Gasteiger partial charge >= 0.3 is 0 Å². The zero-order chi connectivity index (χ0) is 6.85. The summed E-state index contributed by atoms with van der Waals surface area (Å²) < 4.78 is 0. The van der Waals surface area contributed by atoms with E-state index < -0.39 is 0 Å². The van der Waals surface area contributed by atoms with E-state index in [1.807, 2.05) is 19.9 Å². The van der Waals surface area contributed by atoms with Crippen molar-refractivity contribution in [2.45, 2.75) is 13.8 Å². The summed E-state index contributed by atoms with van der Waals surface area (Å²) in [6.45, 7) is 9.52. The van der Waals surface area contributed by atoms with Gasteiger partial charge < -0.3 is 0 Å². The maximum Gasteiger partial charge on any atom is -0.000524 e. The zero-order valence-electron chi connectivity index (χ0n) is 5.73. The van der Waals surface area contributed by atoms with Crippen molar-refractivity contribution in [1.29, 1.82) is 0 Å². The molecule has 0 heteroatoms. The third-order valence-electron chi connectivity index (χ3n) is 1.17. The van der Waals surface area contributed by atoms with Crippen LogP contribution in [0.3, 0.4) is 0 Å². The molecule has 0 N–H and O–H groups in total. The largest absolute Gasteiger partial charge is 0.0557 e. The molecule has 0 saturated heterocycles. The highest BCUT2D eigenvalue weighted by Crippen LogP contribution is 2.05.